The maximum Gasteiger partial charge on any atom is 0.255 e. The molecule has 2 heterocycles. The molecule has 0 saturated carbocycles. The molecule has 31 heavy (non-hydrogen) atoms. The Labute approximate surface area is 191 Å². The molecule has 0 radical (unpaired) electrons. The fraction of sp³-hybridized carbons (Fsp3) is 0.409. The molecular weight excluding hydrogens is 442 g/mol. The number of hydrogen-bond donors (Lipinski definition) is 0. The third-order valence-corrected chi connectivity index (χ3v) is 5.79. The van der Waals surface area contributed by atoms with Crippen LogP contribution >= 0.6 is 23.2 Å². The van der Waals surface area contributed by atoms with Crippen molar-refractivity contribution >= 4 is 41.1 Å². The minimum absolute atomic E-state index is 0.0803. The second kappa shape index (κ2) is 9.83. The Morgan fingerprint density at radius 1 is 1.16 bits per heavy atom. The van der Waals surface area contributed by atoms with E-state index in [9.17, 15) is 14.0 Å². The summed E-state index contributed by atoms with van der Waals surface area (Å²) >= 11 is 12.4. The van der Waals surface area contributed by atoms with Crippen LogP contribution in [0.2, 0.25) is 10.2 Å². The maximum absolute atomic E-state index is 13.2. The van der Waals surface area contributed by atoms with Gasteiger partial charge < -0.3 is 9.80 Å². The van der Waals surface area contributed by atoms with Crippen molar-refractivity contribution in [1.82, 2.24) is 19.6 Å². The Balaban J connectivity index is 1.60. The van der Waals surface area contributed by atoms with Gasteiger partial charge in [0.2, 0.25) is 5.91 Å². The Bertz CT molecular complexity index is 1010. The van der Waals surface area contributed by atoms with Gasteiger partial charge in [-0.25, -0.2) is 4.39 Å². The van der Waals surface area contributed by atoms with Gasteiger partial charge in [0.25, 0.3) is 5.91 Å². The normalized spacial score (nSPS) is 14.7. The van der Waals surface area contributed by atoms with Crippen LogP contribution in [-0.4, -0.2) is 57.6 Å². The summed E-state index contributed by atoms with van der Waals surface area (Å²) in [4.78, 5) is 28.6. The topological polar surface area (TPSA) is 58.4 Å². The van der Waals surface area contributed by atoms with Gasteiger partial charge in [-0.3, -0.25) is 14.3 Å². The zero-order valence-corrected chi connectivity index (χ0v) is 19.3. The number of aryl methyl sites for hydroxylation is 1. The van der Waals surface area contributed by atoms with Crippen LogP contribution in [0.3, 0.4) is 0 Å². The van der Waals surface area contributed by atoms with Crippen molar-refractivity contribution in [1.29, 1.82) is 0 Å². The van der Waals surface area contributed by atoms with Gasteiger partial charge in [-0.15, -0.1) is 0 Å². The summed E-state index contributed by atoms with van der Waals surface area (Å²) in [7, 11) is 0. The Morgan fingerprint density at radius 3 is 2.42 bits per heavy atom. The number of carbonyl (C=O) groups excluding carboxylic acids is 2. The van der Waals surface area contributed by atoms with E-state index in [1.54, 1.807) is 20.6 Å². The van der Waals surface area contributed by atoms with Gasteiger partial charge in [0.15, 0.2) is 0 Å². The van der Waals surface area contributed by atoms with Crippen molar-refractivity contribution in [3.63, 3.8) is 0 Å². The molecule has 0 bridgehead atoms. The van der Waals surface area contributed by atoms with Crippen molar-refractivity contribution in [2.24, 2.45) is 5.92 Å². The molecule has 6 nitrogen and oxygen atoms in total. The molecule has 1 aliphatic heterocycles. The van der Waals surface area contributed by atoms with E-state index in [-0.39, 0.29) is 22.4 Å². The third-order valence-electron chi connectivity index (χ3n) is 5.08. The quantitative estimate of drug-likeness (QED) is 0.617. The zero-order chi connectivity index (χ0) is 22.7. The minimum Gasteiger partial charge on any atom is -0.336 e. The molecular formula is C22H25Cl2FN4O2. The van der Waals surface area contributed by atoms with Crippen molar-refractivity contribution < 1.29 is 14.0 Å². The number of halogens is 3. The van der Waals surface area contributed by atoms with E-state index in [1.807, 2.05) is 6.92 Å². The molecule has 1 aromatic heterocycles. The number of aromatic nitrogens is 2. The van der Waals surface area contributed by atoms with Crippen LogP contribution in [-0.2, 0) is 11.3 Å². The average molecular weight is 467 g/mol. The monoisotopic (exact) mass is 466 g/mol. The van der Waals surface area contributed by atoms with Gasteiger partial charge in [-0.2, -0.15) is 5.10 Å². The lowest BCUT2D eigenvalue weighted by Gasteiger charge is -2.34. The smallest absolute Gasteiger partial charge is 0.255 e. The molecule has 0 aliphatic carbocycles. The van der Waals surface area contributed by atoms with Crippen LogP contribution in [0.1, 0.15) is 35.5 Å². The number of amides is 2. The van der Waals surface area contributed by atoms with Crippen LogP contribution in [0.4, 0.5) is 4.39 Å². The zero-order valence-electron chi connectivity index (χ0n) is 17.7. The first kappa shape index (κ1) is 23.3. The Morgan fingerprint density at radius 2 is 1.81 bits per heavy atom. The van der Waals surface area contributed by atoms with Gasteiger partial charge in [0, 0.05) is 44.4 Å². The number of rotatable bonds is 5. The number of carbonyl (C=O) groups is 2. The summed E-state index contributed by atoms with van der Waals surface area (Å²) in [6, 6.07) is 3.71. The molecule has 3 rings (SSSR count). The predicted octanol–water partition coefficient (Wildman–Crippen LogP) is 4.29. The lowest BCUT2D eigenvalue weighted by molar-refractivity contribution is -0.127. The van der Waals surface area contributed by atoms with Gasteiger partial charge in [-0.05, 0) is 37.1 Å². The number of hydrogen-bond acceptors (Lipinski definition) is 3. The third kappa shape index (κ3) is 5.46. The van der Waals surface area contributed by atoms with E-state index in [2.05, 4.69) is 18.9 Å². The summed E-state index contributed by atoms with van der Waals surface area (Å²) in [5, 5.41) is 5.04. The SMILES string of the molecule is Cc1nn(CC(C)C)c(Cl)c1/C=C/C(=O)N1CCN(C(=O)c2ccc(F)cc2Cl)CC1. The molecule has 1 aliphatic rings. The highest BCUT2D eigenvalue weighted by molar-refractivity contribution is 6.33. The molecule has 0 spiro atoms. The molecule has 166 valence electrons. The van der Waals surface area contributed by atoms with E-state index < -0.39 is 5.82 Å². The molecule has 1 aromatic carbocycles. The van der Waals surface area contributed by atoms with Gasteiger partial charge in [0.05, 0.1) is 16.3 Å². The first-order valence-electron chi connectivity index (χ1n) is 10.1. The van der Waals surface area contributed by atoms with Crippen molar-refractivity contribution in [2.75, 3.05) is 26.2 Å². The highest BCUT2D eigenvalue weighted by Crippen LogP contribution is 2.23. The highest BCUT2D eigenvalue weighted by atomic mass is 35.5. The molecule has 1 saturated heterocycles. The van der Waals surface area contributed by atoms with Crippen LogP contribution < -0.4 is 0 Å². The van der Waals surface area contributed by atoms with Crippen LogP contribution in [0.25, 0.3) is 6.08 Å². The first-order chi connectivity index (χ1) is 14.7. The van der Waals surface area contributed by atoms with E-state index >= 15 is 0 Å². The summed E-state index contributed by atoms with van der Waals surface area (Å²) in [5.41, 5.74) is 1.75. The van der Waals surface area contributed by atoms with Crippen molar-refractivity contribution in [3.05, 3.63) is 57.1 Å². The van der Waals surface area contributed by atoms with Crippen molar-refractivity contribution in [2.45, 2.75) is 27.3 Å². The Kier molecular flexibility index (Phi) is 7.38. The molecule has 2 amide bonds. The number of piperazine rings is 1. The van der Waals surface area contributed by atoms with E-state index in [0.29, 0.717) is 43.8 Å². The second-order valence-corrected chi connectivity index (χ2v) is 8.71. The molecule has 9 heteroatoms. The molecule has 0 N–H and O–H groups in total. The molecule has 2 aromatic rings. The van der Waals surface area contributed by atoms with Gasteiger partial charge in [0.1, 0.15) is 11.0 Å². The van der Waals surface area contributed by atoms with E-state index in [4.69, 9.17) is 23.2 Å². The fourth-order valence-corrected chi connectivity index (χ4v) is 4.00. The first-order valence-corrected chi connectivity index (χ1v) is 10.9. The van der Waals surface area contributed by atoms with E-state index in [1.165, 1.54) is 18.2 Å². The number of benzene rings is 1. The van der Waals surface area contributed by atoms with Gasteiger partial charge >= 0.3 is 0 Å². The summed E-state index contributed by atoms with van der Waals surface area (Å²) in [6.45, 7) is 8.27. The summed E-state index contributed by atoms with van der Waals surface area (Å²) < 4.78 is 15.0. The predicted molar refractivity (Wildman–Crippen MR) is 120 cm³/mol. The lowest BCUT2D eigenvalue weighted by Crippen LogP contribution is -2.50. The lowest BCUT2D eigenvalue weighted by atomic mass is 10.1. The highest BCUT2D eigenvalue weighted by Gasteiger charge is 2.25. The second-order valence-electron chi connectivity index (χ2n) is 7.94. The molecule has 0 unspecified atom stereocenters. The van der Waals surface area contributed by atoms with E-state index in [0.717, 1.165) is 17.3 Å². The maximum atomic E-state index is 13.2. The van der Waals surface area contributed by atoms with Crippen LogP contribution in [0.15, 0.2) is 24.3 Å². The van der Waals surface area contributed by atoms with Gasteiger partial charge in [-0.1, -0.05) is 37.0 Å². The minimum atomic E-state index is -0.492. The number of nitrogens with zero attached hydrogens (tertiary/aromatic N) is 4. The standard InChI is InChI=1S/C22H25Cl2FN4O2/c1-14(2)13-29-21(24)17(15(3)26-29)6-7-20(30)27-8-10-28(11-9-27)22(31)18-5-4-16(25)12-19(18)23/h4-7,12,14H,8-11,13H2,1-3H3/b7-6+. The summed E-state index contributed by atoms with van der Waals surface area (Å²) in [5.74, 6) is -0.514. The van der Waals surface area contributed by atoms with Crippen LogP contribution in [0, 0.1) is 18.7 Å². The molecule has 1 fully saturated rings. The average Bonchev–Trinajstić information content (AvgIpc) is 2.98. The largest absolute Gasteiger partial charge is 0.336 e. The van der Waals surface area contributed by atoms with Crippen LogP contribution in [0.5, 0.6) is 0 Å². The Hall–Kier alpha value is -2.38. The fourth-order valence-electron chi connectivity index (χ4n) is 3.45. The molecule has 0 atom stereocenters. The summed E-state index contributed by atoms with van der Waals surface area (Å²) in [6.07, 6.45) is 3.18. The van der Waals surface area contributed by atoms with Crippen molar-refractivity contribution in [3.8, 4) is 0 Å².